The highest BCUT2D eigenvalue weighted by Crippen LogP contribution is 2.23. The van der Waals surface area contributed by atoms with Crippen molar-refractivity contribution in [1.29, 1.82) is 0 Å². The first-order chi connectivity index (χ1) is 13.5. The molecule has 1 aromatic heterocycles. The van der Waals surface area contributed by atoms with Crippen LogP contribution in [0, 0.1) is 0 Å². The minimum atomic E-state index is -0.299. The van der Waals surface area contributed by atoms with Crippen LogP contribution < -0.4 is 19.7 Å². The number of rotatable bonds is 5. The van der Waals surface area contributed by atoms with Crippen LogP contribution in [0.15, 0.2) is 36.5 Å². The Morgan fingerprint density at radius 3 is 2.14 bits per heavy atom. The van der Waals surface area contributed by atoms with Gasteiger partial charge in [-0.2, -0.15) is 0 Å². The number of aromatic nitrogens is 1. The molecular weight excluding hydrogens is 360 g/mol. The molecule has 0 spiro atoms. The van der Waals surface area contributed by atoms with Gasteiger partial charge in [-0.3, -0.25) is 9.59 Å². The third kappa shape index (κ3) is 4.51. The molecular formula is C20H24N4O4. The molecule has 0 radical (unpaired) electrons. The molecule has 0 atom stereocenters. The minimum absolute atomic E-state index is 0.102. The van der Waals surface area contributed by atoms with Crippen molar-refractivity contribution in [3.63, 3.8) is 0 Å². The number of hydrogen-bond donors (Lipinski definition) is 1. The van der Waals surface area contributed by atoms with Gasteiger partial charge in [0.15, 0.2) is 0 Å². The second-order valence-corrected chi connectivity index (χ2v) is 6.45. The Hall–Kier alpha value is -3.29. The zero-order valence-corrected chi connectivity index (χ0v) is 16.3. The van der Waals surface area contributed by atoms with Crippen LogP contribution in [0.25, 0.3) is 0 Å². The average Bonchev–Trinajstić information content (AvgIpc) is 2.73. The fourth-order valence-corrected chi connectivity index (χ4v) is 3.05. The van der Waals surface area contributed by atoms with Crippen molar-refractivity contribution in [2.24, 2.45) is 0 Å². The maximum absolute atomic E-state index is 12.5. The number of pyridine rings is 1. The summed E-state index contributed by atoms with van der Waals surface area (Å²) in [5.41, 5.74) is 1.38. The Morgan fingerprint density at radius 1 is 1.00 bits per heavy atom. The van der Waals surface area contributed by atoms with Gasteiger partial charge in [-0.25, -0.2) is 4.98 Å². The quantitative estimate of drug-likeness (QED) is 0.849. The third-order valence-corrected chi connectivity index (χ3v) is 4.69. The number of benzene rings is 1. The summed E-state index contributed by atoms with van der Waals surface area (Å²) in [6.07, 6.45) is 1.73. The number of hydrogen-bond acceptors (Lipinski definition) is 6. The van der Waals surface area contributed by atoms with Crippen molar-refractivity contribution in [2.45, 2.75) is 6.92 Å². The van der Waals surface area contributed by atoms with E-state index in [0.29, 0.717) is 36.0 Å². The zero-order chi connectivity index (χ0) is 20.1. The number of nitrogens with one attached hydrogen (secondary N) is 1. The van der Waals surface area contributed by atoms with Crippen molar-refractivity contribution in [3.05, 3.63) is 42.1 Å². The van der Waals surface area contributed by atoms with Gasteiger partial charge in [0.05, 0.1) is 26.1 Å². The average molecular weight is 384 g/mol. The van der Waals surface area contributed by atoms with Crippen LogP contribution in [0.4, 0.5) is 11.5 Å². The molecule has 1 fully saturated rings. The lowest BCUT2D eigenvalue weighted by Gasteiger charge is -2.35. The van der Waals surface area contributed by atoms with Crippen molar-refractivity contribution in [3.8, 4) is 11.5 Å². The number of anilines is 2. The number of methoxy groups -OCH3 is 2. The highest BCUT2D eigenvalue weighted by molar-refractivity contribution is 6.04. The van der Waals surface area contributed by atoms with Gasteiger partial charge >= 0.3 is 0 Å². The van der Waals surface area contributed by atoms with E-state index < -0.39 is 0 Å². The Bertz CT molecular complexity index is 824. The summed E-state index contributed by atoms with van der Waals surface area (Å²) in [5, 5.41) is 2.78. The molecule has 1 aliphatic rings. The first-order valence-electron chi connectivity index (χ1n) is 9.01. The Morgan fingerprint density at radius 2 is 1.64 bits per heavy atom. The van der Waals surface area contributed by atoms with Gasteiger partial charge in [-0.1, -0.05) is 0 Å². The van der Waals surface area contributed by atoms with E-state index >= 15 is 0 Å². The van der Waals surface area contributed by atoms with Crippen LogP contribution in [0.1, 0.15) is 17.3 Å². The van der Waals surface area contributed by atoms with Crippen molar-refractivity contribution in [2.75, 3.05) is 50.6 Å². The molecule has 0 bridgehead atoms. The normalized spacial score (nSPS) is 13.8. The van der Waals surface area contributed by atoms with E-state index in [1.165, 1.54) is 14.2 Å². The van der Waals surface area contributed by atoms with Crippen LogP contribution >= 0.6 is 0 Å². The summed E-state index contributed by atoms with van der Waals surface area (Å²) >= 11 is 0. The van der Waals surface area contributed by atoms with Gasteiger partial charge in [0.25, 0.3) is 5.91 Å². The Labute approximate surface area is 164 Å². The summed E-state index contributed by atoms with van der Waals surface area (Å²) in [5.74, 6) is 1.34. The standard InChI is InChI=1S/C20H24N4O4/c1-14(25)23-6-8-24(9-7-23)16-4-5-19(21-13-16)22-20(26)15-10-17(27-2)12-18(11-15)28-3/h4-5,10-13H,6-9H2,1-3H3,(H,21,22,26). The molecule has 2 aromatic rings. The molecule has 2 amide bonds. The highest BCUT2D eigenvalue weighted by Gasteiger charge is 2.19. The van der Waals surface area contributed by atoms with Gasteiger partial charge < -0.3 is 24.6 Å². The predicted molar refractivity (Wildman–Crippen MR) is 106 cm³/mol. The molecule has 0 aliphatic carbocycles. The lowest BCUT2D eigenvalue weighted by Crippen LogP contribution is -2.48. The second kappa shape index (κ2) is 8.60. The lowest BCUT2D eigenvalue weighted by atomic mass is 10.2. The van der Waals surface area contributed by atoms with Crippen molar-refractivity contribution < 1.29 is 19.1 Å². The fourth-order valence-electron chi connectivity index (χ4n) is 3.05. The fraction of sp³-hybridized carbons (Fsp3) is 0.350. The molecule has 3 rings (SSSR count). The molecule has 148 valence electrons. The first-order valence-corrected chi connectivity index (χ1v) is 9.01. The maximum Gasteiger partial charge on any atom is 0.257 e. The number of carbonyl (C=O) groups is 2. The van der Waals surface area contributed by atoms with E-state index in [4.69, 9.17) is 9.47 Å². The van der Waals surface area contributed by atoms with Crippen molar-refractivity contribution in [1.82, 2.24) is 9.88 Å². The van der Waals surface area contributed by atoms with Crippen molar-refractivity contribution >= 4 is 23.3 Å². The van der Waals surface area contributed by atoms with Gasteiger partial charge in [-0.05, 0) is 24.3 Å². The van der Waals surface area contributed by atoms with Gasteiger partial charge in [0, 0.05) is 44.7 Å². The smallest absolute Gasteiger partial charge is 0.257 e. The summed E-state index contributed by atoms with van der Waals surface area (Å²) in [6, 6.07) is 8.66. The molecule has 28 heavy (non-hydrogen) atoms. The molecule has 8 nitrogen and oxygen atoms in total. The molecule has 0 saturated carbocycles. The molecule has 1 saturated heterocycles. The maximum atomic E-state index is 12.5. The SMILES string of the molecule is COc1cc(OC)cc(C(=O)Nc2ccc(N3CCN(C(C)=O)CC3)cn2)c1. The lowest BCUT2D eigenvalue weighted by molar-refractivity contribution is -0.129. The van der Waals surface area contributed by atoms with E-state index in [2.05, 4.69) is 15.2 Å². The number of ether oxygens (including phenoxy) is 2. The third-order valence-electron chi connectivity index (χ3n) is 4.69. The highest BCUT2D eigenvalue weighted by atomic mass is 16.5. The molecule has 1 N–H and O–H groups in total. The molecule has 0 unspecified atom stereocenters. The molecule has 1 aromatic carbocycles. The van der Waals surface area contributed by atoms with Gasteiger partial charge in [0.2, 0.25) is 5.91 Å². The number of nitrogens with zero attached hydrogens (tertiary/aromatic N) is 3. The van der Waals surface area contributed by atoms with Crippen LogP contribution in [-0.2, 0) is 4.79 Å². The van der Waals surface area contributed by atoms with Crippen LogP contribution in [0.3, 0.4) is 0 Å². The summed E-state index contributed by atoms with van der Waals surface area (Å²) in [4.78, 5) is 32.3. The summed E-state index contributed by atoms with van der Waals surface area (Å²) in [6.45, 7) is 4.51. The van der Waals surface area contributed by atoms with Crippen LogP contribution in [-0.4, -0.2) is 62.1 Å². The minimum Gasteiger partial charge on any atom is -0.497 e. The van der Waals surface area contributed by atoms with E-state index in [0.717, 1.165) is 18.8 Å². The van der Waals surface area contributed by atoms with E-state index in [1.54, 1.807) is 37.4 Å². The van der Waals surface area contributed by atoms with Crippen LogP contribution in [0.5, 0.6) is 11.5 Å². The first kappa shape index (κ1) is 19.5. The number of carbonyl (C=O) groups excluding carboxylic acids is 2. The second-order valence-electron chi connectivity index (χ2n) is 6.45. The van der Waals surface area contributed by atoms with E-state index in [9.17, 15) is 9.59 Å². The summed E-state index contributed by atoms with van der Waals surface area (Å²) < 4.78 is 10.4. The Kier molecular flexibility index (Phi) is 5.98. The van der Waals surface area contributed by atoms with E-state index in [-0.39, 0.29) is 11.8 Å². The Balaban J connectivity index is 1.64. The molecule has 1 aliphatic heterocycles. The number of amides is 2. The van der Waals surface area contributed by atoms with E-state index in [1.807, 2.05) is 11.0 Å². The molecule has 8 heteroatoms. The summed E-state index contributed by atoms with van der Waals surface area (Å²) in [7, 11) is 3.07. The monoisotopic (exact) mass is 384 g/mol. The zero-order valence-electron chi connectivity index (χ0n) is 16.3. The predicted octanol–water partition coefficient (Wildman–Crippen LogP) is 2.02. The molecule has 2 heterocycles. The van der Waals surface area contributed by atoms with Crippen LogP contribution in [0.2, 0.25) is 0 Å². The topological polar surface area (TPSA) is 84.0 Å². The van der Waals surface area contributed by atoms with Gasteiger partial charge in [0.1, 0.15) is 17.3 Å². The largest absolute Gasteiger partial charge is 0.497 e. The number of piperazine rings is 1. The van der Waals surface area contributed by atoms with Gasteiger partial charge in [-0.15, -0.1) is 0 Å².